The van der Waals surface area contributed by atoms with Crippen molar-refractivity contribution in [1.29, 1.82) is 0 Å². The summed E-state index contributed by atoms with van der Waals surface area (Å²) >= 11 is 3.46. The molecule has 2 aromatic carbocycles. The Morgan fingerprint density at radius 2 is 1.83 bits per heavy atom. The van der Waals surface area contributed by atoms with Crippen LogP contribution in [0, 0.1) is 11.2 Å². The molecular weight excluding hydrogens is 591 g/mol. The first kappa shape index (κ1) is 26.5. The smallest absolute Gasteiger partial charge is 0.258 e. The maximum atomic E-state index is 15.4. The number of aromatic nitrogens is 2. The van der Waals surface area contributed by atoms with Crippen LogP contribution in [0.25, 0.3) is 0 Å². The number of halogens is 2. The highest BCUT2D eigenvalue weighted by molar-refractivity contribution is 9.10. The molecule has 0 unspecified atom stereocenters. The Labute approximate surface area is 246 Å². The van der Waals surface area contributed by atoms with E-state index in [9.17, 15) is 4.79 Å². The Balaban J connectivity index is 1.12. The number of ether oxygens (including phenoxy) is 2. The van der Waals surface area contributed by atoms with Crippen LogP contribution in [0.15, 0.2) is 41.0 Å². The topological polar surface area (TPSA) is 83.1 Å². The van der Waals surface area contributed by atoms with E-state index < -0.39 is 0 Å². The molecule has 1 N–H and O–H groups in total. The number of likely N-dealkylation sites (tertiary alicyclic amines) is 1. The minimum absolute atomic E-state index is 0.0547. The van der Waals surface area contributed by atoms with Crippen LogP contribution in [0.5, 0.6) is 17.4 Å². The third kappa shape index (κ3) is 4.32. The predicted molar refractivity (Wildman–Crippen MR) is 157 cm³/mol. The van der Waals surface area contributed by atoms with E-state index in [1.807, 2.05) is 24.1 Å². The number of hydrogen-bond donors (Lipinski definition) is 1. The third-order valence-electron chi connectivity index (χ3n) is 9.29. The minimum Gasteiger partial charge on any atom is -0.494 e. The Hall–Kier alpha value is -3.44. The van der Waals surface area contributed by atoms with Crippen molar-refractivity contribution in [3.63, 3.8) is 0 Å². The highest BCUT2D eigenvalue weighted by Crippen LogP contribution is 2.57. The summed E-state index contributed by atoms with van der Waals surface area (Å²) in [4.78, 5) is 28.2. The number of anilines is 3. The number of carbonyl (C=O) groups is 1. The van der Waals surface area contributed by atoms with Crippen molar-refractivity contribution in [2.75, 3.05) is 57.6 Å². The lowest BCUT2D eigenvalue weighted by Crippen LogP contribution is -2.60. The van der Waals surface area contributed by atoms with E-state index in [-0.39, 0.29) is 34.5 Å². The molecule has 4 heterocycles. The van der Waals surface area contributed by atoms with Crippen molar-refractivity contribution < 1.29 is 18.7 Å². The molecule has 0 radical (unpaired) electrons. The zero-order valence-electron chi connectivity index (χ0n) is 23.3. The number of piperidine rings is 1. The fourth-order valence-electron chi connectivity index (χ4n) is 6.59. The van der Waals surface area contributed by atoms with E-state index in [0.717, 1.165) is 57.4 Å². The van der Waals surface area contributed by atoms with E-state index in [1.54, 1.807) is 25.4 Å². The number of carbonyl (C=O) groups excluding carboxylic acids is 1. The average molecular weight is 624 g/mol. The van der Waals surface area contributed by atoms with E-state index in [1.165, 1.54) is 6.07 Å². The first-order chi connectivity index (χ1) is 19.7. The molecule has 4 aliphatic rings. The Bertz CT molecular complexity index is 1550. The van der Waals surface area contributed by atoms with Gasteiger partial charge in [-0.15, -0.1) is 0 Å². The fraction of sp³-hybridized carbons (Fsp3) is 0.433. The first-order valence-corrected chi connectivity index (χ1v) is 14.7. The lowest BCUT2D eigenvalue weighted by atomic mass is 9.72. The van der Waals surface area contributed by atoms with Gasteiger partial charge in [0.1, 0.15) is 17.3 Å². The summed E-state index contributed by atoms with van der Waals surface area (Å²) in [5.74, 6) is 0.991. The van der Waals surface area contributed by atoms with Crippen LogP contribution in [0.4, 0.5) is 21.7 Å². The van der Waals surface area contributed by atoms with Crippen molar-refractivity contribution in [3.8, 4) is 17.4 Å². The van der Waals surface area contributed by atoms with Crippen LogP contribution in [0.3, 0.4) is 0 Å². The summed E-state index contributed by atoms with van der Waals surface area (Å²) in [6.45, 7) is 3.88. The van der Waals surface area contributed by atoms with Crippen LogP contribution in [-0.4, -0.2) is 73.1 Å². The molecule has 1 amide bonds. The molecule has 0 bridgehead atoms. The van der Waals surface area contributed by atoms with Gasteiger partial charge in [-0.05, 0) is 73.4 Å². The van der Waals surface area contributed by atoms with Gasteiger partial charge in [0.2, 0.25) is 11.8 Å². The summed E-state index contributed by atoms with van der Waals surface area (Å²) in [5.41, 5.74) is 2.58. The van der Waals surface area contributed by atoms with Crippen LogP contribution < -0.4 is 19.7 Å². The summed E-state index contributed by atoms with van der Waals surface area (Å²) in [6.07, 6.45) is 5.74. The monoisotopic (exact) mass is 622 g/mol. The quantitative estimate of drug-likeness (QED) is 0.384. The summed E-state index contributed by atoms with van der Waals surface area (Å²) in [7, 11) is 5.55. The molecule has 214 valence electrons. The van der Waals surface area contributed by atoms with Crippen LogP contribution in [0.2, 0.25) is 0 Å². The number of benzene rings is 2. The zero-order chi connectivity index (χ0) is 28.5. The molecule has 1 aromatic heterocycles. The van der Waals surface area contributed by atoms with Gasteiger partial charge in [-0.3, -0.25) is 4.79 Å². The SMILES string of the molecule is COc1cc(N2CC3(CCN(C)CC3)C2)c(F)cc1Nc1ncc(Br)c(Oc2cccc3c2C(=O)N(C)C32CC2)n1. The Morgan fingerprint density at radius 3 is 2.54 bits per heavy atom. The van der Waals surface area contributed by atoms with Crippen molar-refractivity contribution >= 4 is 39.2 Å². The van der Waals surface area contributed by atoms with E-state index in [0.29, 0.717) is 32.9 Å². The average Bonchev–Trinajstić information content (AvgIpc) is 3.72. The largest absolute Gasteiger partial charge is 0.494 e. The second kappa shape index (κ2) is 9.55. The van der Waals surface area contributed by atoms with E-state index in [4.69, 9.17) is 9.47 Å². The maximum Gasteiger partial charge on any atom is 0.258 e. The summed E-state index contributed by atoms with van der Waals surface area (Å²) < 4.78 is 27.7. The van der Waals surface area contributed by atoms with Gasteiger partial charge >= 0.3 is 0 Å². The lowest BCUT2D eigenvalue weighted by molar-refractivity contribution is 0.0753. The normalized spacial score (nSPS) is 20.3. The number of rotatable bonds is 6. The number of hydrogen-bond acceptors (Lipinski definition) is 8. The molecule has 1 aliphatic carbocycles. The van der Waals surface area contributed by atoms with E-state index in [2.05, 4.69) is 48.1 Å². The van der Waals surface area contributed by atoms with E-state index >= 15 is 4.39 Å². The molecule has 3 aromatic rings. The number of amides is 1. The third-order valence-corrected chi connectivity index (χ3v) is 9.83. The molecule has 3 fully saturated rings. The van der Waals surface area contributed by atoms with Crippen LogP contribution in [0.1, 0.15) is 41.6 Å². The van der Waals surface area contributed by atoms with Gasteiger partial charge in [-0.2, -0.15) is 4.98 Å². The second-order valence-corrected chi connectivity index (χ2v) is 12.7. The van der Waals surface area contributed by atoms with Crippen LogP contribution in [-0.2, 0) is 5.54 Å². The Kier molecular flexibility index (Phi) is 6.17. The van der Waals surface area contributed by atoms with Crippen LogP contribution >= 0.6 is 15.9 Å². The molecule has 9 nitrogen and oxygen atoms in total. The maximum absolute atomic E-state index is 15.4. The molecule has 2 spiro atoms. The van der Waals surface area contributed by atoms with Gasteiger partial charge in [0, 0.05) is 37.7 Å². The lowest BCUT2D eigenvalue weighted by Gasteiger charge is -2.54. The zero-order valence-corrected chi connectivity index (χ0v) is 24.9. The van der Waals surface area contributed by atoms with Gasteiger partial charge in [0.05, 0.1) is 40.3 Å². The standard InChI is InChI=1S/C30H32BrFN6O3/c1-36-11-9-29(10-12-36)16-38(17-29)22-14-24(40-3)21(13-20(22)32)34-28-33-15-19(31)26(35-28)41-23-6-4-5-18-25(23)27(39)37(2)30(18)7-8-30/h4-6,13-15H,7-12,16-17H2,1-3H3,(H,33,34,35). The molecule has 7 rings (SSSR count). The molecule has 11 heteroatoms. The molecule has 41 heavy (non-hydrogen) atoms. The van der Waals surface area contributed by atoms with Crippen molar-refractivity contribution in [2.45, 2.75) is 31.2 Å². The van der Waals surface area contributed by atoms with Gasteiger partial charge in [0.15, 0.2) is 0 Å². The number of nitrogens with one attached hydrogen (secondary N) is 1. The predicted octanol–water partition coefficient (Wildman–Crippen LogP) is 5.53. The fourth-order valence-corrected chi connectivity index (χ4v) is 6.86. The van der Waals surface area contributed by atoms with Crippen molar-refractivity contribution in [2.24, 2.45) is 5.41 Å². The summed E-state index contributed by atoms with van der Waals surface area (Å²) in [5, 5.41) is 3.09. The van der Waals surface area contributed by atoms with Gasteiger partial charge in [-0.1, -0.05) is 12.1 Å². The number of methoxy groups -OCH3 is 1. The molecule has 1 saturated carbocycles. The van der Waals surface area contributed by atoms with Gasteiger partial charge in [0.25, 0.3) is 5.91 Å². The molecule has 0 atom stereocenters. The van der Waals surface area contributed by atoms with Crippen molar-refractivity contribution in [3.05, 3.63) is 57.9 Å². The molecule has 3 aliphatic heterocycles. The molecule has 2 saturated heterocycles. The minimum atomic E-state index is -0.332. The first-order valence-electron chi connectivity index (χ1n) is 13.9. The summed E-state index contributed by atoms with van der Waals surface area (Å²) in [6, 6.07) is 8.83. The highest BCUT2D eigenvalue weighted by Gasteiger charge is 2.57. The number of fused-ring (bicyclic) bond motifs is 2. The Morgan fingerprint density at radius 1 is 1.07 bits per heavy atom. The molecular formula is C30H32BrFN6O3. The number of nitrogens with zero attached hydrogens (tertiary/aromatic N) is 5. The second-order valence-electron chi connectivity index (χ2n) is 11.8. The highest BCUT2D eigenvalue weighted by atomic mass is 79.9. The van der Waals surface area contributed by atoms with Gasteiger partial charge < -0.3 is 29.5 Å². The van der Waals surface area contributed by atoms with Gasteiger partial charge in [-0.25, -0.2) is 9.37 Å². The van der Waals surface area contributed by atoms with Crippen molar-refractivity contribution in [1.82, 2.24) is 19.8 Å².